The first-order valence-electron chi connectivity index (χ1n) is 5.98. The minimum Gasteiger partial charge on any atom is -0.462 e. The van der Waals surface area contributed by atoms with Gasteiger partial charge in [0.05, 0.1) is 6.61 Å². The Morgan fingerprint density at radius 3 is 2.50 bits per heavy atom. The zero-order valence-electron chi connectivity index (χ0n) is 10.1. The van der Waals surface area contributed by atoms with Crippen molar-refractivity contribution in [1.82, 2.24) is 0 Å². The lowest BCUT2D eigenvalue weighted by Gasteiger charge is -2.22. The van der Waals surface area contributed by atoms with E-state index in [2.05, 4.69) is 0 Å². The summed E-state index contributed by atoms with van der Waals surface area (Å²) < 4.78 is 4.89. The van der Waals surface area contributed by atoms with Crippen LogP contribution in [0.25, 0.3) is 0 Å². The third-order valence-electron chi connectivity index (χ3n) is 3.20. The van der Waals surface area contributed by atoms with Gasteiger partial charge in [0, 0.05) is 0 Å². The fraction of sp³-hybridized carbons (Fsp3) is 0.692. The molecule has 0 aromatic heterocycles. The van der Waals surface area contributed by atoms with E-state index in [4.69, 9.17) is 10.00 Å². The molecule has 0 spiro atoms. The van der Waals surface area contributed by atoms with Gasteiger partial charge in [-0.2, -0.15) is 5.26 Å². The number of hydrogen-bond donors (Lipinski definition) is 0. The average Bonchev–Trinajstić information content (AvgIpc) is 2.31. The molecule has 0 heterocycles. The number of carbonyl (C=O) groups excluding carboxylic acids is 1. The highest BCUT2D eigenvalue weighted by Crippen LogP contribution is 2.31. The number of nitrogens with zero attached hydrogens (tertiary/aromatic N) is 1. The van der Waals surface area contributed by atoms with Crippen molar-refractivity contribution in [3.63, 3.8) is 0 Å². The molecule has 0 N–H and O–H groups in total. The van der Waals surface area contributed by atoms with Gasteiger partial charge in [-0.05, 0) is 38.2 Å². The van der Waals surface area contributed by atoms with E-state index in [1.807, 2.05) is 13.0 Å². The van der Waals surface area contributed by atoms with Crippen molar-refractivity contribution in [3.8, 4) is 6.07 Å². The first-order valence-corrected chi connectivity index (χ1v) is 5.98. The maximum absolute atomic E-state index is 11.6. The normalized spacial score (nSPS) is 18.6. The van der Waals surface area contributed by atoms with Gasteiger partial charge in [0.1, 0.15) is 11.6 Å². The van der Waals surface area contributed by atoms with Gasteiger partial charge < -0.3 is 4.74 Å². The number of esters is 1. The molecule has 0 saturated heterocycles. The van der Waals surface area contributed by atoms with E-state index in [9.17, 15) is 4.79 Å². The zero-order valence-corrected chi connectivity index (χ0v) is 10.1. The molecule has 3 nitrogen and oxygen atoms in total. The van der Waals surface area contributed by atoms with Crippen molar-refractivity contribution in [2.24, 2.45) is 5.92 Å². The van der Waals surface area contributed by atoms with Gasteiger partial charge in [-0.25, -0.2) is 4.79 Å². The smallest absolute Gasteiger partial charge is 0.348 e. The standard InChI is InChI=1S/C13H19NO2/c1-3-16-13(15)12(9-14)10(2)11-7-5-4-6-8-11/h11H,3-8H2,1-2H3/b12-10+. The molecule has 0 bridgehead atoms. The van der Waals surface area contributed by atoms with Crippen molar-refractivity contribution in [3.05, 3.63) is 11.1 Å². The van der Waals surface area contributed by atoms with Gasteiger partial charge in [0.15, 0.2) is 0 Å². The van der Waals surface area contributed by atoms with Crippen LogP contribution in [0.3, 0.4) is 0 Å². The first-order chi connectivity index (χ1) is 7.70. The van der Waals surface area contributed by atoms with Crippen molar-refractivity contribution in [1.29, 1.82) is 5.26 Å². The van der Waals surface area contributed by atoms with Crippen LogP contribution in [0.5, 0.6) is 0 Å². The molecule has 88 valence electrons. The number of rotatable bonds is 3. The highest BCUT2D eigenvalue weighted by atomic mass is 16.5. The van der Waals surface area contributed by atoms with Crippen LogP contribution in [-0.2, 0) is 9.53 Å². The van der Waals surface area contributed by atoms with Crippen molar-refractivity contribution in [2.75, 3.05) is 6.61 Å². The minimum absolute atomic E-state index is 0.216. The molecule has 1 saturated carbocycles. The molecule has 16 heavy (non-hydrogen) atoms. The minimum atomic E-state index is -0.465. The van der Waals surface area contributed by atoms with Gasteiger partial charge in [-0.3, -0.25) is 0 Å². The summed E-state index contributed by atoms with van der Waals surface area (Å²) in [5, 5.41) is 9.02. The molecular formula is C13H19NO2. The summed E-state index contributed by atoms with van der Waals surface area (Å²) in [5.41, 5.74) is 1.13. The summed E-state index contributed by atoms with van der Waals surface area (Å²) in [5.74, 6) is -0.0686. The fourth-order valence-electron chi connectivity index (χ4n) is 2.24. The summed E-state index contributed by atoms with van der Waals surface area (Å²) in [7, 11) is 0. The van der Waals surface area contributed by atoms with Crippen LogP contribution < -0.4 is 0 Å². The predicted molar refractivity (Wildman–Crippen MR) is 61.5 cm³/mol. The Kier molecular flexibility index (Phi) is 5.04. The topological polar surface area (TPSA) is 50.1 Å². The molecule has 3 heteroatoms. The Morgan fingerprint density at radius 1 is 1.38 bits per heavy atom. The van der Waals surface area contributed by atoms with Crippen molar-refractivity contribution in [2.45, 2.75) is 46.0 Å². The maximum Gasteiger partial charge on any atom is 0.348 e. The number of allylic oxidation sites excluding steroid dienone is 1. The highest BCUT2D eigenvalue weighted by Gasteiger charge is 2.21. The zero-order chi connectivity index (χ0) is 12.0. The van der Waals surface area contributed by atoms with E-state index in [0.717, 1.165) is 18.4 Å². The molecule has 1 rings (SSSR count). The summed E-state index contributed by atoms with van der Waals surface area (Å²) in [6.07, 6.45) is 5.85. The molecule has 0 aromatic carbocycles. The molecule has 0 unspecified atom stereocenters. The van der Waals surface area contributed by atoms with Gasteiger partial charge in [0.25, 0.3) is 0 Å². The number of nitriles is 1. The first kappa shape index (κ1) is 12.8. The third kappa shape index (κ3) is 3.10. The van der Waals surface area contributed by atoms with Crippen LogP contribution in [-0.4, -0.2) is 12.6 Å². The van der Waals surface area contributed by atoms with E-state index >= 15 is 0 Å². The van der Waals surface area contributed by atoms with Crippen LogP contribution in [0.2, 0.25) is 0 Å². The molecule has 0 atom stereocenters. The SMILES string of the molecule is CCOC(=O)/C(C#N)=C(\C)C1CCCCC1. The molecule has 1 fully saturated rings. The van der Waals surface area contributed by atoms with Gasteiger partial charge >= 0.3 is 5.97 Å². The molecule has 1 aliphatic carbocycles. The average molecular weight is 221 g/mol. The third-order valence-corrected chi connectivity index (χ3v) is 3.20. The summed E-state index contributed by atoms with van der Waals surface area (Å²) in [4.78, 5) is 11.6. The quantitative estimate of drug-likeness (QED) is 0.418. The number of carbonyl (C=O) groups is 1. The van der Waals surface area contributed by atoms with Gasteiger partial charge in [-0.1, -0.05) is 19.3 Å². The molecule has 1 aliphatic rings. The summed E-state index contributed by atoms with van der Waals surface area (Å²) in [6.45, 7) is 3.97. The molecule has 0 aromatic rings. The predicted octanol–water partition coefficient (Wildman–Crippen LogP) is 2.97. The molecular weight excluding hydrogens is 202 g/mol. The Bertz CT molecular complexity index is 319. The largest absolute Gasteiger partial charge is 0.462 e. The van der Waals surface area contributed by atoms with Crippen LogP contribution in [0.15, 0.2) is 11.1 Å². The van der Waals surface area contributed by atoms with Gasteiger partial charge in [0.2, 0.25) is 0 Å². The Hall–Kier alpha value is -1.30. The molecule has 0 amide bonds. The Labute approximate surface area is 97.1 Å². The second-order valence-electron chi connectivity index (χ2n) is 4.23. The monoisotopic (exact) mass is 221 g/mol. The molecule has 0 radical (unpaired) electrons. The van der Waals surface area contributed by atoms with Crippen molar-refractivity contribution >= 4 is 5.97 Å². The fourth-order valence-corrected chi connectivity index (χ4v) is 2.24. The maximum atomic E-state index is 11.6. The number of hydrogen-bond acceptors (Lipinski definition) is 3. The lowest BCUT2D eigenvalue weighted by molar-refractivity contribution is -0.138. The second kappa shape index (κ2) is 6.32. The summed E-state index contributed by atoms with van der Waals surface area (Å²) >= 11 is 0. The highest BCUT2D eigenvalue weighted by molar-refractivity contribution is 5.93. The van der Waals surface area contributed by atoms with E-state index < -0.39 is 5.97 Å². The van der Waals surface area contributed by atoms with E-state index in [1.54, 1.807) is 6.92 Å². The van der Waals surface area contributed by atoms with Crippen LogP contribution >= 0.6 is 0 Å². The molecule has 0 aliphatic heterocycles. The van der Waals surface area contributed by atoms with E-state index in [-0.39, 0.29) is 5.57 Å². The van der Waals surface area contributed by atoms with Crippen LogP contribution in [0, 0.1) is 17.2 Å². The van der Waals surface area contributed by atoms with Crippen LogP contribution in [0.4, 0.5) is 0 Å². The van der Waals surface area contributed by atoms with E-state index in [0.29, 0.717) is 12.5 Å². The van der Waals surface area contributed by atoms with Gasteiger partial charge in [-0.15, -0.1) is 0 Å². The lowest BCUT2D eigenvalue weighted by atomic mass is 9.82. The lowest BCUT2D eigenvalue weighted by Crippen LogP contribution is -2.14. The Balaban J connectivity index is 2.81. The Morgan fingerprint density at radius 2 is 2.00 bits per heavy atom. The van der Waals surface area contributed by atoms with Crippen LogP contribution in [0.1, 0.15) is 46.0 Å². The number of ether oxygens (including phenoxy) is 1. The summed E-state index contributed by atoms with van der Waals surface area (Å²) in [6, 6.07) is 1.99. The van der Waals surface area contributed by atoms with E-state index in [1.165, 1.54) is 19.3 Å². The second-order valence-corrected chi connectivity index (χ2v) is 4.23. The van der Waals surface area contributed by atoms with Crippen molar-refractivity contribution < 1.29 is 9.53 Å².